The van der Waals surface area contributed by atoms with Crippen LogP contribution in [0.5, 0.6) is 0 Å². The van der Waals surface area contributed by atoms with Crippen molar-refractivity contribution < 1.29 is 9.32 Å². The Labute approximate surface area is 78.1 Å². The second-order valence-electron chi connectivity index (χ2n) is 3.19. The Balaban J connectivity index is 2.58. The molecule has 0 aliphatic rings. The second kappa shape index (κ2) is 4.21. The Morgan fingerprint density at radius 1 is 1.46 bits per heavy atom. The van der Waals surface area contributed by atoms with Gasteiger partial charge in [0.2, 0.25) is 0 Å². The molecule has 0 aliphatic heterocycles. The first-order valence-corrected chi connectivity index (χ1v) is 4.58. The van der Waals surface area contributed by atoms with Gasteiger partial charge in [0.05, 0.1) is 5.69 Å². The molecule has 1 rings (SSSR count). The van der Waals surface area contributed by atoms with Crippen LogP contribution in [0.3, 0.4) is 0 Å². The van der Waals surface area contributed by atoms with Crippen LogP contribution in [0.1, 0.15) is 36.8 Å². The van der Waals surface area contributed by atoms with Gasteiger partial charge in [-0.3, -0.25) is 4.79 Å². The molecule has 0 bridgehead atoms. The van der Waals surface area contributed by atoms with Crippen LogP contribution in [-0.2, 0) is 11.2 Å². The summed E-state index contributed by atoms with van der Waals surface area (Å²) in [6, 6.07) is 0. The van der Waals surface area contributed by atoms with Crippen LogP contribution in [0.2, 0.25) is 0 Å². The average Bonchev–Trinajstić information content (AvgIpc) is 2.43. The fourth-order valence-electron chi connectivity index (χ4n) is 1.30. The normalized spacial score (nSPS) is 10.4. The highest BCUT2D eigenvalue weighted by molar-refractivity contribution is 5.78. The number of ketones is 1. The van der Waals surface area contributed by atoms with Crippen molar-refractivity contribution in [3.8, 4) is 0 Å². The lowest BCUT2D eigenvalue weighted by Crippen LogP contribution is -1.99. The van der Waals surface area contributed by atoms with E-state index in [9.17, 15) is 4.79 Å². The molecule has 13 heavy (non-hydrogen) atoms. The summed E-state index contributed by atoms with van der Waals surface area (Å²) in [4.78, 5) is 11.1. The number of aromatic nitrogens is 1. The van der Waals surface area contributed by atoms with Crippen LogP contribution in [0.4, 0.5) is 0 Å². The van der Waals surface area contributed by atoms with Gasteiger partial charge in [0.1, 0.15) is 11.5 Å². The maximum Gasteiger partial charge on any atom is 0.137 e. The molecule has 0 saturated heterocycles. The lowest BCUT2D eigenvalue weighted by atomic mass is 10.1. The smallest absolute Gasteiger partial charge is 0.137 e. The monoisotopic (exact) mass is 181 g/mol. The molecular weight excluding hydrogens is 166 g/mol. The summed E-state index contributed by atoms with van der Waals surface area (Å²) in [5.74, 6) is 1.13. The van der Waals surface area contributed by atoms with Crippen LogP contribution in [0.15, 0.2) is 4.52 Å². The number of carbonyl (C=O) groups is 1. The molecule has 0 aliphatic carbocycles. The fraction of sp³-hybridized carbons (Fsp3) is 0.600. The summed E-state index contributed by atoms with van der Waals surface area (Å²) in [5.41, 5.74) is 1.99. The molecular formula is C10H15NO2. The molecule has 0 saturated carbocycles. The number of hydrogen-bond donors (Lipinski definition) is 0. The highest BCUT2D eigenvalue weighted by atomic mass is 16.5. The van der Waals surface area contributed by atoms with Gasteiger partial charge in [-0.25, -0.2) is 0 Å². The van der Waals surface area contributed by atoms with Crippen LogP contribution in [0, 0.1) is 13.8 Å². The van der Waals surface area contributed by atoms with E-state index >= 15 is 0 Å². The van der Waals surface area contributed by atoms with E-state index in [1.807, 2.05) is 20.8 Å². The van der Waals surface area contributed by atoms with Gasteiger partial charge < -0.3 is 4.52 Å². The Morgan fingerprint density at radius 2 is 2.15 bits per heavy atom. The van der Waals surface area contributed by atoms with E-state index in [1.165, 1.54) is 0 Å². The van der Waals surface area contributed by atoms with Gasteiger partial charge in [-0.2, -0.15) is 0 Å². The number of nitrogens with zero attached hydrogens (tertiary/aromatic N) is 1. The maximum absolute atomic E-state index is 11.1. The van der Waals surface area contributed by atoms with E-state index in [4.69, 9.17) is 4.52 Å². The van der Waals surface area contributed by atoms with Gasteiger partial charge >= 0.3 is 0 Å². The molecule has 0 amide bonds. The molecule has 3 nitrogen and oxygen atoms in total. The van der Waals surface area contributed by atoms with Gasteiger partial charge in [0.25, 0.3) is 0 Å². The van der Waals surface area contributed by atoms with Crippen molar-refractivity contribution in [3.05, 3.63) is 17.0 Å². The minimum absolute atomic E-state index is 0.292. The van der Waals surface area contributed by atoms with E-state index < -0.39 is 0 Å². The Bertz CT molecular complexity index is 282. The zero-order chi connectivity index (χ0) is 9.84. The van der Waals surface area contributed by atoms with Crippen molar-refractivity contribution in [2.75, 3.05) is 0 Å². The van der Waals surface area contributed by atoms with Crippen molar-refractivity contribution in [3.63, 3.8) is 0 Å². The highest BCUT2D eigenvalue weighted by Crippen LogP contribution is 2.14. The zero-order valence-electron chi connectivity index (χ0n) is 8.39. The number of rotatable bonds is 4. The third-order valence-corrected chi connectivity index (χ3v) is 2.23. The van der Waals surface area contributed by atoms with E-state index in [2.05, 4.69) is 5.16 Å². The fourth-order valence-corrected chi connectivity index (χ4v) is 1.30. The van der Waals surface area contributed by atoms with Crippen molar-refractivity contribution in [2.45, 2.75) is 40.0 Å². The lowest BCUT2D eigenvalue weighted by molar-refractivity contribution is -0.118. The zero-order valence-corrected chi connectivity index (χ0v) is 8.39. The molecule has 0 radical (unpaired) electrons. The number of Topliss-reactive ketones (excluding diaryl/α,β-unsaturated/α-hetero) is 1. The van der Waals surface area contributed by atoms with Crippen molar-refractivity contribution in [2.24, 2.45) is 0 Å². The lowest BCUT2D eigenvalue weighted by Gasteiger charge is -1.97. The summed E-state index contributed by atoms with van der Waals surface area (Å²) in [6.07, 6.45) is 1.97. The minimum Gasteiger partial charge on any atom is -0.361 e. The molecule has 0 atom stereocenters. The Kier molecular flexibility index (Phi) is 3.23. The molecule has 0 N–H and O–H groups in total. The quantitative estimate of drug-likeness (QED) is 0.715. The first kappa shape index (κ1) is 9.96. The molecule has 0 spiro atoms. The topological polar surface area (TPSA) is 43.1 Å². The van der Waals surface area contributed by atoms with E-state index in [1.54, 1.807) is 0 Å². The van der Waals surface area contributed by atoms with Gasteiger partial charge in [0, 0.05) is 18.4 Å². The molecule has 1 heterocycles. The van der Waals surface area contributed by atoms with Gasteiger partial charge in [-0.1, -0.05) is 12.1 Å². The van der Waals surface area contributed by atoms with Crippen LogP contribution >= 0.6 is 0 Å². The summed E-state index contributed by atoms with van der Waals surface area (Å²) in [5, 5.41) is 3.83. The summed E-state index contributed by atoms with van der Waals surface area (Å²) >= 11 is 0. The molecule has 72 valence electrons. The standard InChI is InChI=1S/C10H15NO2/c1-4-9(12)5-6-10-7(2)11-13-8(10)3/h4-6H2,1-3H3. The third kappa shape index (κ3) is 2.41. The highest BCUT2D eigenvalue weighted by Gasteiger charge is 2.09. The molecule has 0 fully saturated rings. The number of hydrogen-bond acceptors (Lipinski definition) is 3. The predicted octanol–water partition coefficient (Wildman–Crippen LogP) is 2.20. The van der Waals surface area contributed by atoms with Gasteiger partial charge in [-0.15, -0.1) is 0 Å². The number of carbonyl (C=O) groups excluding carboxylic acids is 1. The van der Waals surface area contributed by atoms with Crippen LogP contribution < -0.4 is 0 Å². The van der Waals surface area contributed by atoms with Gasteiger partial charge in [0.15, 0.2) is 0 Å². The number of aryl methyl sites for hydroxylation is 2. The first-order valence-electron chi connectivity index (χ1n) is 4.58. The largest absolute Gasteiger partial charge is 0.361 e. The van der Waals surface area contributed by atoms with Crippen molar-refractivity contribution in [1.29, 1.82) is 0 Å². The Morgan fingerprint density at radius 3 is 2.62 bits per heavy atom. The maximum atomic E-state index is 11.1. The third-order valence-electron chi connectivity index (χ3n) is 2.23. The summed E-state index contributed by atoms with van der Waals surface area (Å²) < 4.78 is 5.00. The SMILES string of the molecule is CCC(=O)CCc1c(C)noc1C. The van der Waals surface area contributed by atoms with Crippen molar-refractivity contribution >= 4 is 5.78 Å². The Hall–Kier alpha value is -1.12. The molecule has 0 aromatic carbocycles. The summed E-state index contributed by atoms with van der Waals surface area (Å²) in [7, 11) is 0. The summed E-state index contributed by atoms with van der Waals surface area (Å²) in [6.45, 7) is 5.67. The van der Waals surface area contributed by atoms with Crippen molar-refractivity contribution in [1.82, 2.24) is 5.16 Å². The predicted molar refractivity (Wildman–Crippen MR) is 49.6 cm³/mol. The molecule has 1 aromatic rings. The van der Waals surface area contributed by atoms with Gasteiger partial charge in [-0.05, 0) is 20.3 Å². The second-order valence-corrected chi connectivity index (χ2v) is 3.19. The molecule has 3 heteroatoms. The molecule has 0 unspecified atom stereocenters. The van der Waals surface area contributed by atoms with Crippen LogP contribution in [-0.4, -0.2) is 10.9 Å². The van der Waals surface area contributed by atoms with E-state index in [0.717, 1.165) is 23.4 Å². The minimum atomic E-state index is 0.292. The first-order chi connectivity index (χ1) is 6.15. The molecule has 1 aromatic heterocycles. The van der Waals surface area contributed by atoms with Crippen LogP contribution in [0.25, 0.3) is 0 Å². The van der Waals surface area contributed by atoms with E-state index in [-0.39, 0.29) is 0 Å². The van der Waals surface area contributed by atoms with E-state index in [0.29, 0.717) is 18.6 Å². The average molecular weight is 181 g/mol.